The summed E-state index contributed by atoms with van der Waals surface area (Å²) in [6, 6.07) is 0.275. The Hall–Kier alpha value is -1.73. The summed E-state index contributed by atoms with van der Waals surface area (Å²) in [4.78, 5) is 37.0. The summed E-state index contributed by atoms with van der Waals surface area (Å²) in [5.41, 5.74) is 6.45. The van der Waals surface area contributed by atoms with Crippen molar-refractivity contribution >= 4 is 24.2 Å². The van der Waals surface area contributed by atoms with Crippen LogP contribution in [0, 0.1) is 5.92 Å². The van der Waals surface area contributed by atoms with Crippen molar-refractivity contribution in [2.45, 2.75) is 44.6 Å². The number of carbonyl (C=O) groups excluding carboxylic acids is 2. The molecule has 0 spiro atoms. The van der Waals surface area contributed by atoms with E-state index < -0.39 is 0 Å². The number of hydrogen-bond donors (Lipinski definition) is 1. The highest BCUT2D eigenvalue weighted by Crippen LogP contribution is 2.31. The molecule has 0 saturated carbocycles. The lowest BCUT2D eigenvalue weighted by molar-refractivity contribution is -0.144. The first kappa shape index (κ1) is 20.6. The summed E-state index contributed by atoms with van der Waals surface area (Å²) in [5.74, 6) is 0.816. The summed E-state index contributed by atoms with van der Waals surface area (Å²) >= 11 is 0. The Morgan fingerprint density at radius 2 is 2.15 bits per heavy atom. The first-order valence-corrected chi connectivity index (χ1v) is 9.21. The maximum Gasteiger partial charge on any atom is 0.222 e. The number of nitrogens with zero attached hydrogens (tertiary/aromatic N) is 4. The van der Waals surface area contributed by atoms with Gasteiger partial charge in [0.1, 0.15) is 0 Å². The van der Waals surface area contributed by atoms with Crippen LogP contribution in [0.5, 0.6) is 0 Å². The summed E-state index contributed by atoms with van der Waals surface area (Å²) in [6.07, 6.45) is 9.28. The maximum atomic E-state index is 12.5. The second kappa shape index (κ2) is 9.83. The third-order valence-electron chi connectivity index (χ3n) is 5.31. The molecule has 2 aliphatic heterocycles. The van der Waals surface area contributed by atoms with Gasteiger partial charge in [0, 0.05) is 57.1 Å². The lowest BCUT2D eigenvalue weighted by Gasteiger charge is -2.47. The molecule has 2 aliphatic rings. The van der Waals surface area contributed by atoms with E-state index in [4.69, 9.17) is 5.73 Å². The Morgan fingerprint density at radius 3 is 2.88 bits per heavy atom. The molecule has 0 radical (unpaired) electrons. The number of piperidine rings is 2. The summed E-state index contributed by atoms with van der Waals surface area (Å²) in [7, 11) is 0. The average Bonchev–Trinajstić information content (AvgIpc) is 2.66. The fourth-order valence-corrected chi connectivity index (χ4v) is 3.98. The quantitative estimate of drug-likeness (QED) is 0.794. The maximum absolute atomic E-state index is 12.5. The van der Waals surface area contributed by atoms with E-state index in [0.29, 0.717) is 31.7 Å². The zero-order chi connectivity index (χ0) is 17.6. The SMILES string of the molecule is Cl.NCCCN1C(=O)CC[C@H]2CN(C(=O)CCc3cnccn3)CC[C@H]21. The highest BCUT2D eigenvalue weighted by Gasteiger charge is 2.39. The van der Waals surface area contributed by atoms with Crippen molar-refractivity contribution < 1.29 is 9.59 Å². The molecule has 0 unspecified atom stereocenters. The number of nitrogens with two attached hydrogens (primary N) is 1. The zero-order valence-corrected chi connectivity index (χ0v) is 15.9. The van der Waals surface area contributed by atoms with Gasteiger partial charge in [0.2, 0.25) is 11.8 Å². The van der Waals surface area contributed by atoms with Crippen molar-refractivity contribution in [1.29, 1.82) is 0 Å². The fourth-order valence-electron chi connectivity index (χ4n) is 3.98. The van der Waals surface area contributed by atoms with E-state index in [1.807, 2.05) is 9.80 Å². The van der Waals surface area contributed by atoms with E-state index in [2.05, 4.69) is 9.97 Å². The molecule has 0 aliphatic carbocycles. The molecule has 2 N–H and O–H groups in total. The van der Waals surface area contributed by atoms with E-state index in [1.54, 1.807) is 18.6 Å². The molecule has 7 nitrogen and oxygen atoms in total. The number of carbonyl (C=O) groups is 2. The van der Waals surface area contributed by atoms with Crippen LogP contribution in [0.2, 0.25) is 0 Å². The Labute approximate surface area is 160 Å². The van der Waals surface area contributed by atoms with Crippen molar-refractivity contribution in [3.63, 3.8) is 0 Å². The molecule has 26 heavy (non-hydrogen) atoms. The van der Waals surface area contributed by atoms with Crippen LogP contribution < -0.4 is 5.73 Å². The second-order valence-corrected chi connectivity index (χ2v) is 6.92. The highest BCUT2D eigenvalue weighted by atomic mass is 35.5. The van der Waals surface area contributed by atoms with Crippen LogP contribution >= 0.6 is 12.4 Å². The normalized spacial score (nSPS) is 22.6. The Bertz CT molecular complexity index is 601. The van der Waals surface area contributed by atoms with E-state index in [0.717, 1.165) is 44.6 Å². The van der Waals surface area contributed by atoms with Gasteiger partial charge in [0.05, 0.1) is 5.69 Å². The van der Waals surface area contributed by atoms with Crippen LogP contribution in [-0.2, 0) is 16.0 Å². The minimum atomic E-state index is 0. The number of likely N-dealkylation sites (tertiary alicyclic amines) is 2. The molecule has 2 amide bonds. The smallest absolute Gasteiger partial charge is 0.222 e. The molecule has 2 atom stereocenters. The molecule has 1 aromatic heterocycles. The first-order chi connectivity index (χ1) is 12.2. The van der Waals surface area contributed by atoms with Crippen LogP contribution in [0.4, 0.5) is 0 Å². The number of amides is 2. The Kier molecular flexibility index (Phi) is 7.78. The largest absolute Gasteiger partial charge is 0.342 e. The lowest BCUT2D eigenvalue weighted by atomic mass is 9.83. The van der Waals surface area contributed by atoms with E-state index in [-0.39, 0.29) is 30.3 Å². The number of aromatic nitrogens is 2. The first-order valence-electron chi connectivity index (χ1n) is 9.21. The topological polar surface area (TPSA) is 92.4 Å². The standard InChI is InChI=1S/C18H27N5O2.ClH/c19-7-1-10-23-16-6-11-22(13-14(16)2-4-18(23)25)17(24)5-3-15-12-20-8-9-21-15;/h8-9,12,14,16H,1-7,10-11,13,19H2;1H/t14-,16+;/m0./s1. The van der Waals surface area contributed by atoms with E-state index >= 15 is 0 Å². The van der Waals surface area contributed by atoms with Crippen molar-refractivity contribution in [2.24, 2.45) is 11.7 Å². The van der Waals surface area contributed by atoms with Gasteiger partial charge in [0.25, 0.3) is 0 Å². The summed E-state index contributed by atoms with van der Waals surface area (Å²) in [5, 5.41) is 0. The van der Waals surface area contributed by atoms with Crippen molar-refractivity contribution in [3.05, 3.63) is 24.3 Å². The molecule has 3 heterocycles. The van der Waals surface area contributed by atoms with Gasteiger partial charge in [0.15, 0.2) is 0 Å². The molecule has 8 heteroatoms. The van der Waals surface area contributed by atoms with Crippen LogP contribution in [-0.4, -0.2) is 63.8 Å². The van der Waals surface area contributed by atoms with Crippen LogP contribution in [0.3, 0.4) is 0 Å². The van der Waals surface area contributed by atoms with E-state index in [9.17, 15) is 9.59 Å². The molecule has 3 rings (SSSR count). The number of halogens is 1. The minimum absolute atomic E-state index is 0. The molecular weight excluding hydrogens is 354 g/mol. The van der Waals surface area contributed by atoms with Crippen LogP contribution in [0.15, 0.2) is 18.6 Å². The fraction of sp³-hybridized carbons (Fsp3) is 0.667. The predicted octanol–water partition coefficient (Wildman–Crippen LogP) is 1.02. The zero-order valence-electron chi connectivity index (χ0n) is 15.0. The third kappa shape index (κ3) is 4.92. The van der Waals surface area contributed by atoms with Gasteiger partial charge >= 0.3 is 0 Å². The number of fused-ring (bicyclic) bond motifs is 1. The summed E-state index contributed by atoms with van der Waals surface area (Å²) < 4.78 is 0. The van der Waals surface area contributed by atoms with E-state index in [1.165, 1.54) is 0 Å². The van der Waals surface area contributed by atoms with Gasteiger partial charge in [-0.25, -0.2) is 0 Å². The molecular formula is C18H28ClN5O2. The van der Waals surface area contributed by atoms with Gasteiger partial charge in [-0.1, -0.05) is 0 Å². The molecule has 2 saturated heterocycles. The second-order valence-electron chi connectivity index (χ2n) is 6.92. The van der Waals surface area contributed by atoms with Gasteiger partial charge in [-0.05, 0) is 38.1 Å². The molecule has 2 fully saturated rings. The summed E-state index contributed by atoms with van der Waals surface area (Å²) in [6.45, 7) is 2.84. The molecule has 0 aromatic carbocycles. The Morgan fingerprint density at radius 1 is 1.31 bits per heavy atom. The number of rotatable bonds is 6. The number of hydrogen-bond acceptors (Lipinski definition) is 5. The van der Waals surface area contributed by atoms with Crippen LogP contribution in [0.1, 0.15) is 37.8 Å². The Balaban J connectivity index is 0.00000243. The van der Waals surface area contributed by atoms with Gasteiger partial charge in [-0.2, -0.15) is 0 Å². The minimum Gasteiger partial charge on any atom is -0.342 e. The van der Waals surface area contributed by atoms with Crippen molar-refractivity contribution in [1.82, 2.24) is 19.8 Å². The van der Waals surface area contributed by atoms with Gasteiger partial charge < -0.3 is 15.5 Å². The molecule has 144 valence electrons. The van der Waals surface area contributed by atoms with Crippen molar-refractivity contribution in [3.8, 4) is 0 Å². The molecule has 1 aromatic rings. The van der Waals surface area contributed by atoms with Crippen LogP contribution in [0.25, 0.3) is 0 Å². The monoisotopic (exact) mass is 381 g/mol. The average molecular weight is 382 g/mol. The van der Waals surface area contributed by atoms with Gasteiger partial charge in [-0.15, -0.1) is 12.4 Å². The number of aryl methyl sites for hydroxylation is 1. The molecule has 0 bridgehead atoms. The highest BCUT2D eigenvalue weighted by molar-refractivity contribution is 5.85. The predicted molar refractivity (Wildman–Crippen MR) is 101 cm³/mol. The third-order valence-corrected chi connectivity index (χ3v) is 5.31. The van der Waals surface area contributed by atoms with Gasteiger partial charge in [-0.3, -0.25) is 19.6 Å². The lowest BCUT2D eigenvalue weighted by Crippen LogP contribution is -2.57. The van der Waals surface area contributed by atoms with Crippen molar-refractivity contribution in [2.75, 3.05) is 26.2 Å².